The Morgan fingerprint density at radius 3 is 2.53 bits per heavy atom. The summed E-state index contributed by atoms with van der Waals surface area (Å²) in [5.74, 6) is 4.67. The molecule has 0 atom stereocenters. The van der Waals surface area contributed by atoms with E-state index >= 15 is 0 Å². The lowest BCUT2D eigenvalue weighted by Crippen LogP contribution is -2.30. The quantitative estimate of drug-likeness (QED) is 0.254. The van der Waals surface area contributed by atoms with E-state index in [2.05, 4.69) is 10.7 Å². The summed E-state index contributed by atoms with van der Waals surface area (Å²) in [6, 6.07) is 5.32. The van der Waals surface area contributed by atoms with E-state index in [4.69, 9.17) is 11.6 Å². The minimum absolute atomic E-state index is 0.293. The van der Waals surface area contributed by atoms with Gasteiger partial charge in [-0.1, -0.05) is 0 Å². The number of amides is 1. The summed E-state index contributed by atoms with van der Waals surface area (Å²) in [4.78, 5) is 11.2. The Labute approximate surface area is 88.8 Å². The zero-order valence-corrected chi connectivity index (χ0v) is 8.87. The van der Waals surface area contributed by atoms with Crippen molar-refractivity contribution in [3.63, 3.8) is 0 Å². The highest BCUT2D eigenvalue weighted by Gasteiger charge is 2.06. The molecule has 0 heterocycles. The van der Waals surface area contributed by atoms with Gasteiger partial charge in [-0.2, -0.15) is 0 Å². The molecule has 1 aromatic carbocycles. The van der Waals surface area contributed by atoms with Gasteiger partial charge < -0.3 is 11.1 Å². The standard InChI is InChI=1S/C10H16N4O/c1-6(2)13-9-4-3-7(5-8(9)11)10(15)14-12/h3-6,13H,11-12H2,1-2H3,(H,14,15). The maximum atomic E-state index is 11.2. The molecule has 5 nitrogen and oxygen atoms in total. The fourth-order valence-corrected chi connectivity index (χ4v) is 1.23. The molecule has 0 aliphatic rings. The van der Waals surface area contributed by atoms with Crippen LogP contribution in [0, 0.1) is 0 Å². The molecule has 82 valence electrons. The van der Waals surface area contributed by atoms with Gasteiger partial charge in [-0.3, -0.25) is 10.2 Å². The summed E-state index contributed by atoms with van der Waals surface area (Å²) >= 11 is 0. The fraction of sp³-hybridized carbons (Fsp3) is 0.300. The maximum absolute atomic E-state index is 11.2. The number of carbonyl (C=O) groups excluding carboxylic acids is 1. The van der Waals surface area contributed by atoms with Crippen LogP contribution in [0.25, 0.3) is 0 Å². The third-order valence-corrected chi connectivity index (χ3v) is 1.89. The van der Waals surface area contributed by atoms with Gasteiger partial charge in [-0.05, 0) is 32.0 Å². The Balaban J connectivity index is 2.93. The Hall–Kier alpha value is -1.75. The average molecular weight is 208 g/mol. The van der Waals surface area contributed by atoms with Crippen molar-refractivity contribution in [2.75, 3.05) is 11.1 Å². The van der Waals surface area contributed by atoms with Crippen LogP contribution in [0.5, 0.6) is 0 Å². The SMILES string of the molecule is CC(C)Nc1ccc(C(=O)NN)cc1N. The average Bonchev–Trinajstić information content (AvgIpc) is 2.19. The number of benzene rings is 1. The lowest BCUT2D eigenvalue weighted by atomic mass is 10.1. The van der Waals surface area contributed by atoms with E-state index in [0.29, 0.717) is 17.3 Å². The monoisotopic (exact) mass is 208 g/mol. The topological polar surface area (TPSA) is 93.2 Å². The second-order valence-electron chi connectivity index (χ2n) is 3.57. The maximum Gasteiger partial charge on any atom is 0.265 e. The molecule has 0 saturated heterocycles. The van der Waals surface area contributed by atoms with E-state index in [1.165, 1.54) is 0 Å². The highest BCUT2D eigenvalue weighted by atomic mass is 16.2. The number of hydrazine groups is 1. The van der Waals surface area contributed by atoms with Crippen LogP contribution < -0.4 is 22.3 Å². The molecular formula is C10H16N4O. The van der Waals surface area contributed by atoms with Crippen molar-refractivity contribution in [1.82, 2.24) is 5.43 Å². The summed E-state index contributed by atoms with van der Waals surface area (Å²) in [5.41, 5.74) is 9.63. The summed E-state index contributed by atoms with van der Waals surface area (Å²) in [5, 5.41) is 3.17. The van der Waals surface area contributed by atoms with Crippen LogP contribution in [0.3, 0.4) is 0 Å². The van der Waals surface area contributed by atoms with Gasteiger partial charge in [0.15, 0.2) is 0 Å². The Morgan fingerprint density at radius 1 is 1.40 bits per heavy atom. The minimum Gasteiger partial charge on any atom is -0.397 e. The lowest BCUT2D eigenvalue weighted by molar-refractivity contribution is 0.0953. The number of hydrogen-bond donors (Lipinski definition) is 4. The molecule has 0 unspecified atom stereocenters. The number of anilines is 2. The first-order valence-electron chi connectivity index (χ1n) is 4.71. The molecule has 0 spiro atoms. The Kier molecular flexibility index (Phi) is 3.51. The van der Waals surface area contributed by atoms with Crippen molar-refractivity contribution in [2.45, 2.75) is 19.9 Å². The zero-order valence-electron chi connectivity index (χ0n) is 8.87. The summed E-state index contributed by atoms with van der Waals surface area (Å²) in [7, 11) is 0. The summed E-state index contributed by atoms with van der Waals surface area (Å²) in [6.07, 6.45) is 0. The van der Waals surface area contributed by atoms with E-state index < -0.39 is 0 Å². The molecule has 15 heavy (non-hydrogen) atoms. The van der Waals surface area contributed by atoms with Crippen LogP contribution in [-0.4, -0.2) is 11.9 Å². The van der Waals surface area contributed by atoms with Crippen LogP contribution in [-0.2, 0) is 0 Å². The second kappa shape index (κ2) is 4.65. The molecule has 1 rings (SSSR count). The largest absolute Gasteiger partial charge is 0.397 e. The van der Waals surface area contributed by atoms with E-state index in [1.54, 1.807) is 18.2 Å². The van der Waals surface area contributed by atoms with E-state index in [-0.39, 0.29) is 5.91 Å². The summed E-state index contributed by atoms with van der Waals surface area (Å²) in [6.45, 7) is 4.03. The molecule has 0 radical (unpaired) electrons. The number of nitrogens with one attached hydrogen (secondary N) is 2. The first kappa shape index (κ1) is 11.3. The van der Waals surface area contributed by atoms with Gasteiger partial charge in [0.2, 0.25) is 0 Å². The molecule has 1 aromatic rings. The normalized spacial score (nSPS) is 10.1. The molecule has 1 amide bonds. The van der Waals surface area contributed by atoms with Crippen molar-refractivity contribution in [2.24, 2.45) is 5.84 Å². The smallest absolute Gasteiger partial charge is 0.265 e. The van der Waals surface area contributed by atoms with Crippen LogP contribution in [0.1, 0.15) is 24.2 Å². The molecule has 5 heteroatoms. The molecule has 0 bridgehead atoms. The van der Waals surface area contributed by atoms with Crippen LogP contribution in [0.4, 0.5) is 11.4 Å². The number of carbonyl (C=O) groups is 1. The summed E-state index contributed by atoms with van der Waals surface area (Å²) < 4.78 is 0. The van der Waals surface area contributed by atoms with Crippen molar-refractivity contribution in [3.05, 3.63) is 23.8 Å². The molecule has 0 aromatic heterocycles. The van der Waals surface area contributed by atoms with Gasteiger partial charge in [0.1, 0.15) is 0 Å². The van der Waals surface area contributed by atoms with Crippen molar-refractivity contribution in [1.29, 1.82) is 0 Å². The second-order valence-corrected chi connectivity index (χ2v) is 3.57. The number of nitrogens with two attached hydrogens (primary N) is 2. The van der Waals surface area contributed by atoms with Gasteiger partial charge in [-0.25, -0.2) is 5.84 Å². The highest BCUT2D eigenvalue weighted by molar-refractivity contribution is 5.95. The number of nitrogen functional groups attached to an aromatic ring is 2. The molecule has 0 aliphatic carbocycles. The Morgan fingerprint density at radius 2 is 2.07 bits per heavy atom. The molecule has 0 fully saturated rings. The molecule has 0 saturated carbocycles. The van der Waals surface area contributed by atoms with E-state index in [0.717, 1.165) is 5.69 Å². The number of hydrogen-bond acceptors (Lipinski definition) is 4. The molecule has 0 aliphatic heterocycles. The van der Waals surface area contributed by atoms with Gasteiger partial charge in [0, 0.05) is 11.6 Å². The minimum atomic E-state index is -0.349. The number of rotatable bonds is 3. The van der Waals surface area contributed by atoms with Gasteiger partial charge >= 0.3 is 0 Å². The van der Waals surface area contributed by atoms with Crippen LogP contribution in [0.15, 0.2) is 18.2 Å². The first-order valence-corrected chi connectivity index (χ1v) is 4.71. The van der Waals surface area contributed by atoms with Crippen LogP contribution in [0.2, 0.25) is 0 Å². The highest BCUT2D eigenvalue weighted by Crippen LogP contribution is 2.20. The van der Waals surface area contributed by atoms with Crippen LogP contribution >= 0.6 is 0 Å². The predicted octanol–water partition coefficient (Wildman–Crippen LogP) is 0.693. The predicted molar refractivity (Wildman–Crippen MR) is 61.3 cm³/mol. The van der Waals surface area contributed by atoms with E-state index in [9.17, 15) is 4.79 Å². The lowest BCUT2D eigenvalue weighted by Gasteiger charge is -2.13. The van der Waals surface area contributed by atoms with Crippen molar-refractivity contribution < 1.29 is 4.79 Å². The van der Waals surface area contributed by atoms with Crippen molar-refractivity contribution in [3.8, 4) is 0 Å². The molecule has 6 N–H and O–H groups in total. The van der Waals surface area contributed by atoms with E-state index in [1.807, 2.05) is 13.8 Å². The van der Waals surface area contributed by atoms with Gasteiger partial charge in [-0.15, -0.1) is 0 Å². The third kappa shape index (κ3) is 2.85. The molecular weight excluding hydrogens is 192 g/mol. The zero-order chi connectivity index (χ0) is 11.4. The van der Waals surface area contributed by atoms with Gasteiger partial charge in [0.25, 0.3) is 5.91 Å². The van der Waals surface area contributed by atoms with Gasteiger partial charge in [0.05, 0.1) is 11.4 Å². The Bertz CT molecular complexity index is 362. The third-order valence-electron chi connectivity index (χ3n) is 1.89. The fourth-order valence-electron chi connectivity index (χ4n) is 1.23. The van der Waals surface area contributed by atoms with Crippen molar-refractivity contribution >= 4 is 17.3 Å². The first-order chi connectivity index (χ1) is 7.04.